The molecule has 0 radical (unpaired) electrons. The van der Waals surface area contributed by atoms with Crippen LogP contribution in [0.1, 0.15) is 26.7 Å². The van der Waals surface area contributed by atoms with Crippen LogP contribution in [0.4, 0.5) is 0 Å². The predicted octanol–water partition coefficient (Wildman–Crippen LogP) is 1.89. The molecule has 1 amide bonds. The molecule has 0 aromatic rings. The molecular formula is C11H20ClNO2. The van der Waals surface area contributed by atoms with Crippen LogP contribution in [0.25, 0.3) is 0 Å². The van der Waals surface area contributed by atoms with Gasteiger partial charge in [-0.15, -0.1) is 11.6 Å². The number of carbonyl (C=O) groups is 1. The van der Waals surface area contributed by atoms with Gasteiger partial charge in [0.2, 0.25) is 5.91 Å². The van der Waals surface area contributed by atoms with Gasteiger partial charge in [0, 0.05) is 25.6 Å². The van der Waals surface area contributed by atoms with E-state index in [9.17, 15) is 4.79 Å². The lowest BCUT2D eigenvalue weighted by Crippen LogP contribution is -2.42. The summed E-state index contributed by atoms with van der Waals surface area (Å²) in [6, 6.07) is 0.0947. The Bertz CT molecular complexity index is 223. The highest BCUT2D eigenvalue weighted by atomic mass is 35.5. The minimum absolute atomic E-state index is 0.0330. The maximum Gasteiger partial charge on any atom is 0.228 e. The van der Waals surface area contributed by atoms with Gasteiger partial charge in [0.25, 0.3) is 0 Å². The number of rotatable bonds is 4. The predicted molar refractivity (Wildman–Crippen MR) is 61.1 cm³/mol. The van der Waals surface area contributed by atoms with Crippen molar-refractivity contribution in [3.8, 4) is 0 Å². The molecule has 1 aliphatic rings. The molecule has 0 aliphatic carbocycles. The molecule has 0 bridgehead atoms. The summed E-state index contributed by atoms with van der Waals surface area (Å²) in [7, 11) is 1.82. The summed E-state index contributed by atoms with van der Waals surface area (Å²) in [6.07, 6.45) is 1.85. The van der Waals surface area contributed by atoms with Gasteiger partial charge in [-0.1, -0.05) is 6.92 Å². The Morgan fingerprint density at radius 1 is 1.67 bits per heavy atom. The molecule has 1 heterocycles. The number of halogens is 1. The van der Waals surface area contributed by atoms with Gasteiger partial charge in [-0.05, 0) is 19.8 Å². The lowest BCUT2D eigenvalue weighted by atomic mass is 9.97. The first-order chi connectivity index (χ1) is 7.11. The number of nitrogens with zero attached hydrogens (tertiary/aromatic N) is 1. The number of ether oxygens (including phenoxy) is 1. The molecule has 1 rings (SSSR count). The van der Waals surface area contributed by atoms with Crippen molar-refractivity contribution in [2.75, 3.05) is 19.5 Å². The quantitative estimate of drug-likeness (QED) is 0.694. The maximum absolute atomic E-state index is 12.1. The van der Waals surface area contributed by atoms with Crippen molar-refractivity contribution in [2.45, 2.75) is 38.8 Å². The number of carbonyl (C=O) groups excluding carboxylic acids is 1. The van der Waals surface area contributed by atoms with Crippen LogP contribution in [-0.2, 0) is 9.53 Å². The number of amides is 1. The van der Waals surface area contributed by atoms with Crippen LogP contribution in [0.2, 0.25) is 0 Å². The molecule has 0 N–H and O–H groups in total. The molecule has 1 saturated heterocycles. The number of alkyl halides is 1. The Morgan fingerprint density at radius 2 is 2.33 bits per heavy atom. The third-order valence-electron chi connectivity index (χ3n) is 3.16. The molecule has 0 spiro atoms. The molecule has 3 nitrogen and oxygen atoms in total. The third kappa shape index (κ3) is 2.85. The molecule has 1 fully saturated rings. The van der Waals surface area contributed by atoms with Crippen LogP contribution >= 0.6 is 11.6 Å². The van der Waals surface area contributed by atoms with E-state index in [1.807, 2.05) is 14.0 Å². The smallest absolute Gasteiger partial charge is 0.228 e. The largest absolute Gasteiger partial charge is 0.377 e. The average molecular weight is 234 g/mol. The lowest BCUT2D eigenvalue weighted by Gasteiger charge is -2.27. The zero-order valence-corrected chi connectivity index (χ0v) is 10.5. The first kappa shape index (κ1) is 12.8. The second-order valence-corrected chi connectivity index (χ2v) is 4.47. The van der Waals surface area contributed by atoms with E-state index >= 15 is 0 Å². The van der Waals surface area contributed by atoms with E-state index in [0.717, 1.165) is 12.8 Å². The SMILES string of the molecule is CCC1OCCC1C(=O)N(C)C(C)CCl. The van der Waals surface area contributed by atoms with Crippen molar-refractivity contribution in [1.82, 2.24) is 4.90 Å². The molecule has 0 aromatic carbocycles. The monoisotopic (exact) mass is 233 g/mol. The fourth-order valence-corrected chi connectivity index (χ4v) is 2.12. The van der Waals surface area contributed by atoms with Gasteiger partial charge < -0.3 is 9.64 Å². The molecule has 15 heavy (non-hydrogen) atoms. The minimum atomic E-state index is 0.0330. The van der Waals surface area contributed by atoms with Gasteiger partial charge in [-0.3, -0.25) is 4.79 Å². The molecular weight excluding hydrogens is 214 g/mol. The van der Waals surface area contributed by atoms with E-state index in [2.05, 4.69) is 6.92 Å². The van der Waals surface area contributed by atoms with Gasteiger partial charge in [-0.2, -0.15) is 0 Å². The zero-order chi connectivity index (χ0) is 11.4. The van der Waals surface area contributed by atoms with Crippen molar-refractivity contribution in [3.63, 3.8) is 0 Å². The molecule has 1 aliphatic heterocycles. The highest BCUT2D eigenvalue weighted by molar-refractivity contribution is 6.18. The summed E-state index contributed by atoms with van der Waals surface area (Å²) in [5.41, 5.74) is 0. The molecule has 88 valence electrons. The minimum Gasteiger partial charge on any atom is -0.377 e. The average Bonchev–Trinajstić information content (AvgIpc) is 2.73. The Balaban J connectivity index is 2.59. The summed E-state index contributed by atoms with van der Waals surface area (Å²) < 4.78 is 5.52. The topological polar surface area (TPSA) is 29.5 Å². The van der Waals surface area contributed by atoms with Crippen LogP contribution in [0.15, 0.2) is 0 Å². The normalized spacial score (nSPS) is 27.7. The molecule has 0 saturated carbocycles. The highest BCUT2D eigenvalue weighted by Crippen LogP contribution is 2.25. The summed E-state index contributed by atoms with van der Waals surface area (Å²) >= 11 is 5.74. The summed E-state index contributed by atoms with van der Waals surface area (Å²) in [4.78, 5) is 13.8. The van der Waals surface area contributed by atoms with Gasteiger partial charge in [0.15, 0.2) is 0 Å². The van der Waals surface area contributed by atoms with Crippen LogP contribution in [0.3, 0.4) is 0 Å². The lowest BCUT2D eigenvalue weighted by molar-refractivity contribution is -0.137. The van der Waals surface area contributed by atoms with Gasteiger partial charge in [0.1, 0.15) is 0 Å². The van der Waals surface area contributed by atoms with Gasteiger partial charge >= 0.3 is 0 Å². The van der Waals surface area contributed by atoms with Crippen molar-refractivity contribution in [2.24, 2.45) is 5.92 Å². The first-order valence-electron chi connectivity index (χ1n) is 5.56. The Labute approximate surface area is 96.7 Å². The summed E-state index contributed by atoms with van der Waals surface area (Å²) in [5.74, 6) is 0.685. The van der Waals surface area contributed by atoms with E-state index in [4.69, 9.17) is 16.3 Å². The van der Waals surface area contributed by atoms with E-state index < -0.39 is 0 Å². The van der Waals surface area contributed by atoms with Gasteiger partial charge in [0.05, 0.1) is 12.0 Å². The molecule has 3 unspecified atom stereocenters. The van der Waals surface area contributed by atoms with E-state index in [0.29, 0.717) is 12.5 Å². The van der Waals surface area contributed by atoms with Crippen LogP contribution < -0.4 is 0 Å². The fourth-order valence-electron chi connectivity index (χ4n) is 1.92. The number of hydrogen-bond donors (Lipinski definition) is 0. The van der Waals surface area contributed by atoms with Crippen LogP contribution in [-0.4, -0.2) is 42.5 Å². The molecule has 0 aromatic heterocycles. The van der Waals surface area contributed by atoms with Crippen molar-refractivity contribution in [1.29, 1.82) is 0 Å². The molecule has 3 atom stereocenters. The van der Waals surface area contributed by atoms with Crippen LogP contribution in [0, 0.1) is 5.92 Å². The summed E-state index contributed by atoms with van der Waals surface area (Å²) in [6.45, 7) is 4.72. The van der Waals surface area contributed by atoms with E-state index in [1.54, 1.807) is 4.90 Å². The number of hydrogen-bond acceptors (Lipinski definition) is 2. The second kappa shape index (κ2) is 5.71. The first-order valence-corrected chi connectivity index (χ1v) is 6.09. The second-order valence-electron chi connectivity index (χ2n) is 4.17. The third-order valence-corrected chi connectivity index (χ3v) is 3.61. The standard InChI is InChI=1S/C11H20ClNO2/c1-4-10-9(5-6-15-10)11(14)13(3)8(2)7-12/h8-10H,4-7H2,1-3H3. The fraction of sp³-hybridized carbons (Fsp3) is 0.909. The van der Waals surface area contributed by atoms with Crippen molar-refractivity contribution in [3.05, 3.63) is 0 Å². The van der Waals surface area contributed by atoms with E-state index in [1.165, 1.54) is 0 Å². The van der Waals surface area contributed by atoms with Crippen molar-refractivity contribution >= 4 is 17.5 Å². The van der Waals surface area contributed by atoms with Gasteiger partial charge in [-0.25, -0.2) is 0 Å². The Morgan fingerprint density at radius 3 is 2.87 bits per heavy atom. The Hall–Kier alpha value is -0.280. The molecule has 4 heteroatoms. The Kier molecular flexibility index (Phi) is 4.87. The summed E-state index contributed by atoms with van der Waals surface area (Å²) in [5, 5.41) is 0. The maximum atomic E-state index is 12.1. The highest BCUT2D eigenvalue weighted by Gasteiger charge is 2.35. The zero-order valence-electron chi connectivity index (χ0n) is 9.70. The van der Waals surface area contributed by atoms with Crippen molar-refractivity contribution < 1.29 is 9.53 Å². The van der Waals surface area contributed by atoms with E-state index in [-0.39, 0.29) is 24.0 Å². The van der Waals surface area contributed by atoms with Crippen LogP contribution in [0.5, 0.6) is 0 Å².